The third-order valence-corrected chi connectivity index (χ3v) is 2.18. The Kier molecular flexibility index (Phi) is 5.14. The van der Waals surface area contributed by atoms with Crippen LogP contribution in [0.5, 0.6) is 0 Å². The molecule has 15 heavy (non-hydrogen) atoms. The molecule has 0 bridgehead atoms. The molecule has 0 saturated carbocycles. The zero-order valence-electron chi connectivity index (χ0n) is 8.50. The van der Waals surface area contributed by atoms with Crippen LogP contribution in [0, 0.1) is 0 Å². The van der Waals surface area contributed by atoms with Crippen LogP contribution in [-0.2, 0) is 4.74 Å². The first kappa shape index (κ1) is 12.0. The highest BCUT2D eigenvalue weighted by Gasteiger charge is 2.07. The summed E-state index contributed by atoms with van der Waals surface area (Å²) in [6, 6.07) is 1.61. The van der Waals surface area contributed by atoms with Crippen LogP contribution in [0.25, 0.3) is 0 Å². The largest absolute Gasteiger partial charge is 0.383 e. The van der Waals surface area contributed by atoms with E-state index >= 15 is 0 Å². The molecule has 0 spiro atoms. The molecule has 0 aromatic carbocycles. The van der Waals surface area contributed by atoms with E-state index in [4.69, 9.17) is 16.3 Å². The van der Waals surface area contributed by atoms with Crippen molar-refractivity contribution in [2.45, 2.75) is 11.8 Å². The predicted octanol–water partition coefficient (Wildman–Crippen LogP) is 0.783. The summed E-state index contributed by atoms with van der Waals surface area (Å²) in [7, 11) is 1.60. The van der Waals surface area contributed by atoms with Gasteiger partial charge in [0.2, 0.25) is 0 Å². The molecule has 1 unspecified atom stereocenters. The fourth-order valence-corrected chi connectivity index (χ4v) is 1.32. The van der Waals surface area contributed by atoms with Gasteiger partial charge in [-0.05, 0) is 12.5 Å². The number of carbonyl (C=O) groups is 1. The summed E-state index contributed by atoms with van der Waals surface area (Å²) in [6.45, 7) is 1.01. The molecular weight excluding hydrogens is 218 g/mol. The number of aromatic amines is 1. The van der Waals surface area contributed by atoms with Gasteiger partial charge < -0.3 is 10.1 Å². The number of aromatic nitrogens is 2. The number of alkyl halides is 1. The van der Waals surface area contributed by atoms with Gasteiger partial charge in [0.25, 0.3) is 5.91 Å². The molecule has 6 heteroatoms. The maximum atomic E-state index is 11.4. The van der Waals surface area contributed by atoms with Gasteiger partial charge in [0.15, 0.2) is 0 Å². The van der Waals surface area contributed by atoms with Crippen molar-refractivity contribution < 1.29 is 9.53 Å². The SMILES string of the molecule is COCC(Cl)CCNC(=O)c1ccn[nH]1. The zero-order chi connectivity index (χ0) is 11.1. The van der Waals surface area contributed by atoms with Gasteiger partial charge in [-0.2, -0.15) is 5.10 Å². The molecule has 0 radical (unpaired) electrons. The van der Waals surface area contributed by atoms with Crippen molar-refractivity contribution in [2.75, 3.05) is 20.3 Å². The quantitative estimate of drug-likeness (QED) is 0.712. The Morgan fingerprint density at radius 1 is 1.80 bits per heavy atom. The predicted molar refractivity (Wildman–Crippen MR) is 57.1 cm³/mol. The van der Waals surface area contributed by atoms with Crippen LogP contribution >= 0.6 is 11.6 Å². The van der Waals surface area contributed by atoms with Gasteiger partial charge in [-0.25, -0.2) is 0 Å². The van der Waals surface area contributed by atoms with Crippen LogP contribution in [0.3, 0.4) is 0 Å². The fraction of sp³-hybridized carbons (Fsp3) is 0.556. The lowest BCUT2D eigenvalue weighted by atomic mass is 10.3. The summed E-state index contributed by atoms with van der Waals surface area (Å²) < 4.78 is 4.87. The van der Waals surface area contributed by atoms with Crippen LogP contribution < -0.4 is 5.32 Å². The number of H-pyrrole nitrogens is 1. The fourth-order valence-electron chi connectivity index (χ4n) is 1.08. The van der Waals surface area contributed by atoms with Crippen LogP contribution in [0.1, 0.15) is 16.9 Å². The second-order valence-electron chi connectivity index (χ2n) is 3.07. The number of ether oxygens (including phenoxy) is 1. The standard InChI is InChI=1S/C9H14ClN3O2/c1-15-6-7(10)2-4-11-9(14)8-3-5-12-13-8/h3,5,7H,2,4,6H2,1H3,(H,11,14)(H,12,13). The van der Waals surface area contributed by atoms with E-state index in [-0.39, 0.29) is 11.3 Å². The highest BCUT2D eigenvalue weighted by Crippen LogP contribution is 2.01. The third kappa shape index (κ3) is 4.31. The maximum Gasteiger partial charge on any atom is 0.269 e. The summed E-state index contributed by atoms with van der Waals surface area (Å²) in [6.07, 6.45) is 2.21. The average Bonchev–Trinajstić information content (AvgIpc) is 2.70. The Labute approximate surface area is 93.1 Å². The van der Waals surface area contributed by atoms with Crippen molar-refractivity contribution in [2.24, 2.45) is 0 Å². The lowest BCUT2D eigenvalue weighted by molar-refractivity contribution is 0.0946. The number of rotatable bonds is 6. The molecule has 1 atom stereocenters. The first-order chi connectivity index (χ1) is 7.24. The van der Waals surface area contributed by atoms with E-state index in [9.17, 15) is 4.79 Å². The third-order valence-electron chi connectivity index (χ3n) is 1.84. The van der Waals surface area contributed by atoms with E-state index in [1.807, 2.05) is 0 Å². The minimum absolute atomic E-state index is 0.0722. The number of carbonyl (C=O) groups excluding carboxylic acids is 1. The van der Waals surface area contributed by atoms with Gasteiger partial charge in [-0.15, -0.1) is 11.6 Å². The smallest absolute Gasteiger partial charge is 0.269 e. The molecule has 1 aromatic heterocycles. The summed E-state index contributed by atoms with van der Waals surface area (Å²) in [5.41, 5.74) is 0.452. The number of hydrogen-bond acceptors (Lipinski definition) is 3. The van der Waals surface area contributed by atoms with E-state index in [0.717, 1.165) is 0 Å². The van der Waals surface area contributed by atoms with E-state index in [0.29, 0.717) is 25.3 Å². The first-order valence-electron chi connectivity index (χ1n) is 4.64. The van der Waals surface area contributed by atoms with Crippen LogP contribution in [0.15, 0.2) is 12.3 Å². The van der Waals surface area contributed by atoms with Crippen molar-refractivity contribution in [3.8, 4) is 0 Å². The Morgan fingerprint density at radius 2 is 2.60 bits per heavy atom. The molecule has 1 aromatic rings. The van der Waals surface area contributed by atoms with Crippen molar-refractivity contribution in [3.63, 3.8) is 0 Å². The second kappa shape index (κ2) is 6.42. The summed E-state index contributed by atoms with van der Waals surface area (Å²) >= 11 is 5.89. The first-order valence-corrected chi connectivity index (χ1v) is 5.08. The minimum atomic E-state index is -0.172. The van der Waals surface area contributed by atoms with Crippen LogP contribution in [-0.4, -0.2) is 41.7 Å². The molecule has 1 rings (SSSR count). The lowest BCUT2D eigenvalue weighted by Gasteiger charge is -2.08. The van der Waals surface area contributed by atoms with Gasteiger partial charge >= 0.3 is 0 Å². The molecule has 1 amide bonds. The molecule has 0 aliphatic carbocycles. The van der Waals surface area contributed by atoms with E-state index < -0.39 is 0 Å². The van der Waals surface area contributed by atoms with Crippen molar-refractivity contribution in [1.29, 1.82) is 0 Å². The Bertz CT molecular complexity index is 290. The molecule has 0 aliphatic rings. The van der Waals surface area contributed by atoms with Gasteiger partial charge in [-0.3, -0.25) is 9.89 Å². The number of nitrogens with one attached hydrogen (secondary N) is 2. The summed E-state index contributed by atoms with van der Waals surface area (Å²) in [4.78, 5) is 11.4. The monoisotopic (exact) mass is 231 g/mol. The highest BCUT2D eigenvalue weighted by molar-refractivity contribution is 6.20. The Balaban J connectivity index is 2.18. The van der Waals surface area contributed by atoms with Gasteiger partial charge in [0, 0.05) is 19.9 Å². The van der Waals surface area contributed by atoms with Crippen LogP contribution in [0.4, 0.5) is 0 Å². The molecule has 0 aliphatic heterocycles. The minimum Gasteiger partial charge on any atom is -0.383 e. The van der Waals surface area contributed by atoms with Crippen molar-refractivity contribution >= 4 is 17.5 Å². The molecule has 84 valence electrons. The van der Waals surface area contributed by atoms with E-state index in [1.165, 1.54) is 6.20 Å². The number of methoxy groups -OCH3 is 1. The average molecular weight is 232 g/mol. The topological polar surface area (TPSA) is 67.0 Å². The van der Waals surface area contributed by atoms with E-state index in [2.05, 4.69) is 15.5 Å². The zero-order valence-corrected chi connectivity index (χ0v) is 9.25. The number of hydrogen-bond donors (Lipinski definition) is 2. The molecule has 5 nitrogen and oxygen atoms in total. The van der Waals surface area contributed by atoms with E-state index in [1.54, 1.807) is 13.2 Å². The van der Waals surface area contributed by atoms with Crippen molar-refractivity contribution in [3.05, 3.63) is 18.0 Å². The number of halogens is 1. The van der Waals surface area contributed by atoms with Gasteiger partial charge in [-0.1, -0.05) is 0 Å². The van der Waals surface area contributed by atoms with Crippen molar-refractivity contribution in [1.82, 2.24) is 15.5 Å². The Morgan fingerprint density at radius 3 is 3.20 bits per heavy atom. The molecule has 0 fully saturated rings. The van der Waals surface area contributed by atoms with Crippen LogP contribution in [0.2, 0.25) is 0 Å². The van der Waals surface area contributed by atoms with Gasteiger partial charge in [0.1, 0.15) is 5.69 Å². The maximum absolute atomic E-state index is 11.4. The number of nitrogens with zero attached hydrogens (tertiary/aromatic N) is 1. The molecule has 1 heterocycles. The van der Waals surface area contributed by atoms with Gasteiger partial charge in [0.05, 0.1) is 12.0 Å². The summed E-state index contributed by atoms with van der Waals surface area (Å²) in [5, 5.41) is 8.92. The highest BCUT2D eigenvalue weighted by atomic mass is 35.5. The molecule has 2 N–H and O–H groups in total. The Hall–Kier alpha value is -1.07. The molecular formula is C9H14ClN3O2. The normalized spacial score (nSPS) is 12.4. The second-order valence-corrected chi connectivity index (χ2v) is 3.68. The number of amides is 1. The summed E-state index contributed by atoms with van der Waals surface area (Å²) in [5.74, 6) is -0.172. The molecule has 0 saturated heterocycles. The lowest BCUT2D eigenvalue weighted by Crippen LogP contribution is -2.27.